The van der Waals surface area contributed by atoms with Crippen molar-refractivity contribution in [3.05, 3.63) is 52.8 Å². The van der Waals surface area contributed by atoms with E-state index in [1.165, 1.54) is 31.2 Å². The van der Waals surface area contributed by atoms with Crippen molar-refractivity contribution in [2.45, 2.75) is 31.2 Å². The molecule has 0 spiro atoms. The first-order valence-corrected chi connectivity index (χ1v) is 9.46. The number of fused-ring (bicyclic) bond motifs is 1. The molecule has 8 heteroatoms. The van der Waals surface area contributed by atoms with Gasteiger partial charge in [0.05, 0.1) is 10.6 Å². The second-order valence-electron chi connectivity index (χ2n) is 5.96. The molecule has 0 aliphatic carbocycles. The van der Waals surface area contributed by atoms with E-state index in [9.17, 15) is 17.6 Å². The fraction of sp³-hybridized carbons (Fsp3) is 0.235. The van der Waals surface area contributed by atoms with Crippen LogP contribution < -0.4 is 9.62 Å². The topological polar surface area (TPSA) is 66.5 Å². The van der Waals surface area contributed by atoms with Crippen LogP contribution in [0.2, 0.25) is 5.02 Å². The van der Waals surface area contributed by atoms with E-state index in [0.29, 0.717) is 12.1 Å². The maximum atomic E-state index is 13.9. The van der Waals surface area contributed by atoms with Crippen LogP contribution in [0, 0.1) is 5.82 Å². The highest BCUT2D eigenvalue weighted by molar-refractivity contribution is 7.92. The summed E-state index contributed by atoms with van der Waals surface area (Å²) in [7, 11) is -3.96. The average molecular weight is 383 g/mol. The summed E-state index contributed by atoms with van der Waals surface area (Å²) in [6.07, 6.45) is 0.563. The predicted molar refractivity (Wildman–Crippen MR) is 95.0 cm³/mol. The zero-order valence-electron chi connectivity index (χ0n) is 13.6. The van der Waals surface area contributed by atoms with Gasteiger partial charge in [-0.3, -0.25) is 9.52 Å². The van der Waals surface area contributed by atoms with Crippen LogP contribution in [0.4, 0.5) is 15.8 Å². The number of rotatable bonds is 3. The Morgan fingerprint density at radius 2 is 2.00 bits per heavy atom. The number of halogens is 2. The Labute approximate surface area is 150 Å². The molecule has 1 atom stereocenters. The molecule has 1 N–H and O–H groups in total. The van der Waals surface area contributed by atoms with Gasteiger partial charge in [-0.2, -0.15) is 0 Å². The van der Waals surface area contributed by atoms with Crippen molar-refractivity contribution in [2.24, 2.45) is 0 Å². The number of carbonyl (C=O) groups is 1. The summed E-state index contributed by atoms with van der Waals surface area (Å²) in [5.41, 5.74) is 1.29. The van der Waals surface area contributed by atoms with Gasteiger partial charge in [0.1, 0.15) is 5.82 Å². The van der Waals surface area contributed by atoms with Gasteiger partial charge < -0.3 is 4.90 Å². The largest absolute Gasteiger partial charge is 0.309 e. The van der Waals surface area contributed by atoms with Gasteiger partial charge in [0, 0.05) is 23.7 Å². The zero-order valence-corrected chi connectivity index (χ0v) is 15.2. The van der Waals surface area contributed by atoms with Crippen LogP contribution in [0.5, 0.6) is 0 Å². The Kier molecular flexibility index (Phi) is 4.47. The standard InChI is InChI=1S/C17H16ClFN2O3S/c1-10-7-12-8-14(4-6-17(12)21(10)11(2)22)25(23,24)20-16-5-3-13(18)9-15(16)19/h3-6,8-10,20H,7H2,1-2H3. The molecule has 0 saturated carbocycles. The summed E-state index contributed by atoms with van der Waals surface area (Å²) >= 11 is 5.67. The van der Waals surface area contributed by atoms with Crippen molar-refractivity contribution >= 4 is 38.9 Å². The minimum absolute atomic E-state index is 0.0122. The van der Waals surface area contributed by atoms with Gasteiger partial charge in [0.2, 0.25) is 5.91 Å². The van der Waals surface area contributed by atoms with Gasteiger partial charge in [0.25, 0.3) is 10.0 Å². The van der Waals surface area contributed by atoms with Crippen LogP contribution in [0.15, 0.2) is 41.3 Å². The van der Waals surface area contributed by atoms with Crippen molar-refractivity contribution in [1.29, 1.82) is 0 Å². The van der Waals surface area contributed by atoms with Crippen molar-refractivity contribution < 1.29 is 17.6 Å². The highest BCUT2D eigenvalue weighted by atomic mass is 35.5. The molecule has 0 fully saturated rings. The van der Waals surface area contributed by atoms with Crippen molar-refractivity contribution in [1.82, 2.24) is 0 Å². The number of carbonyl (C=O) groups excluding carboxylic acids is 1. The maximum absolute atomic E-state index is 13.9. The Balaban J connectivity index is 1.94. The van der Waals surface area contributed by atoms with E-state index in [2.05, 4.69) is 4.72 Å². The van der Waals surface area contributed by atoms with E-state index in [-0.39, 0.29) is 27.6 Å². The molecule has 0 bridgehead atoms. The van der Waals surface area contributed by atoms with Crippen molar-refractivity contribution in [3.63, 3.8) is 0 Å². The summed E-state index contributed by atoms with van der Waals surface area (Å²) in [5, 5.41) is 0.177. The predicted octanol–water partition coefficient (Wildman–Crippen LogP) is 3.58. The van der Waals surface area contributed by atoms with Crippen molar-refractivity contribution in [3.8, 4) is 0 Å². The number of hydrogen-bond acceptors (Lipinski definition) is 3. The summed E-state index contributed by atoms with van der Waals surface area (Å²) in [6, 6.07) is 8.20. The first kappa shape index (κ1) is 17.7. The summed E-state index contributed by atoms with van der Waals surface area (Å²) in [5.74, 6) is -0.850. The SMILES string of the molecule is CC(=O)N1c2ccc(S(=O)(=O)Nc3ccc(Cl)cc3F)cc2CC1C. The van der Waals surface area contributed by atoms with Gasteiger partial charge in [-0.05, 0) is 55.3 Å². The Morgan fingerprint density at radius 3 is 2.64 bits per heavy atom. The minimum Gasteiger partial charge on any atom is -0.309 e. The maximum Gasteiger partial charge on any atom is 0.261 e. The molecular formula is C17H16ClFN2O3S. The number of nitrogens with one attached hydrogen (secondary N) is 1. The summed E-state index contributed by atoms with van der Waals surface area (Å²) < 4.78 is 41.2. The highest BCUT2D eigenvalue weighted by Crippen LogP contribution is 2.34. The second kappa shape index (κ2) is 6.31. The van der Waals surface area contributed by atoms with Crippen molar-refractivity contribution in [2.75, 3.05) is 9.62 Å². The van der Waals surface area contributed by atoms with Gasteiger partial charge >= 0.3 is 0 Å². The molecule has 2 aromatic carbocycles. The normalized spacial score (nSPS) is 16.6. The third-order valence-electron chi connectivity index (χ3n) is 4.09. The number of amides is 1. The van der Waals surface area contributed by atoms with Crippen LogP contribution in [0.25, 0.3) is 0 Å². The first-order chi connectivity index (χ1) is 11.7. The van der Waals surface area contributed by atoms with E-state index in [1.54, 1.807) is 11.0 Å². The van der Waals surface area contributed by atoms with E-state index >= 15 is 0 Å². The monoisotopic (exact) mass is 382 g/mol. The van der Waals surface area contributed by atoms with E-state index in [1.807, 2.05) is 6.92 Å². The number of hydrogen-bond donors (Lipinski definition) is 1. The Hall–Kier alpha value is -2.12. The first-order valence-electron chi connectivity index (χ1n) is 7.59. The fourth-order valence-corrected chi connectivity index (χ4v) is 4.31. The molecule has 0 aromatic heterocycles. The van der Waals surface area contributed by atoms with Crippen LogP contribution >= 0.6 is 11.6 Å². The molecule has 0 saturated heterocycles. The molecule has 1 aliphatic heterocycles. The molecule has 1 aliphatic rings. The number of benzene rings is 2. The van der Waals surface area contributed by atoms with Crippen LogP contribution in [0.3, 0.4) is 0 Å². The van der Waals surface area contributed by atoms with Gasteiger partial charge in [-0.1, -0.05) is 11.6 Å². The van der Waals surface area contributed by atoms with E-state index < -0.39 is 15.8 Å². The third kappa shape index (κ3) is 3.34. The number of anilines is 2. The third-order valence-corrected chi connectivity index (χ3v) is 5.69. The molecule has 1 heterocycles. The van der Waals surface area contributed by atoms with Crippen LogP contribution in [-0.2, 0) is 21.2 Å². The lowest BCUT2D eigenvalue weighted by Crippen LogP contribution is -2.33. The van der Waals surface area contributed by atoms with E-state index in [0.717, 1.165) is 11.6 Å². The van der Waals surface area contributed by atoms with Crippen LogP contribution in [0.1, 0.15) is 19.4 Å². The van der Waals surface area contributed by atoms with Gasteiger partial charge in [-0.25, -0.2) is 12.8 Å². The lowest BCUT2D eigenvalue weighted by atomic mass is 10.1. The average Bonchev–Trinajstić information content (AvgIpc) is 2.85. The molecule has 1 amide bonds. The molecule has 2 aromatic rings. The quantitative estimate of drug-likeness (QED) is 0.882. The number of nitrogens with zero attached hydrogens (tertiary/aromatic N) is 1. The lowest BCUT2D eigenvalue weighted by Gasteiger charge is -2.20. The smallest absolute Gasteiger partial charge is 0.261 e. The summed E-state index contributed by atoms with van der Waals surface area (Å²) in [6.45, 7) is 3.37. The van der Waals surface area contributed by atoms with Crippen LogP contribution in [-0.4, -0.2) is 20.4 Å². The molecule has 5 nitrogen and oxygen atoms in total. The fourth-order valence-electron chi connectivity index (χ4n) is 3.03. The minimum atomic E-state index is -3.96. The number of sulfonamides is 1. The zero-order chi connectivity index (χ0) is 18.4. The Bertz CT molecular complexity index is 962. The molecule has 1 unspecified atom stereocenters. The van der Waals surface area contributed by atoms with E-state index in [4.69, 9.17) is 11.6 Å². The highest BCUT2D eigenvalue weighted by Gasteiger charge is 2.30. The Morgan fingerprint density at radius 1 is 1.28 bits per heavy atom. The molecular weight excluding hydrogens is 367 g/mol. The molecule has 132 valence electrons. The van der Waals surface area contributed by atoms with Gasteiger partial charge in [0.15, 0.2) is 0 Å². The lowest BCUT2D eigenvalue weighted by molar-refractivity contribution is -0.116. The molecule has 25 heavy (non-hydrogen) atoms. The molecule has 0 radical (unpaired) electrons. The summed E-state index contributed by atoms with van der Waals surface area (Å²) in [4.78, 5) is 13.4. The molecule has 3 rings (SSSR count). The second-order valence-corrected chi connectivity index (χ2v) is 8.08. The van der Waals surface area contributed by atoms with Gasteiger partial charge in [-0.15, -0.1) is 0 Å².